The van der Waals surface area contributed by atoms with Crippen molar-refractivity contribution < 1.29 is 27.1 Å². The van der Waals surface area contributed by atoms with Crippen molar-refractivity contribution in [1.82, 2.24) is 5.32 Å². The number of nitrogens with one attached hydrogen (secondary N) is 1. The van der Waals surface area contributed by atoms with Crippen LogP contribution in [0.25, 0.3) is 0 Å². The average Bonchev–Trinajstić information content (AvgIpc) is 3.05. The quantitative estimate of drug-likeness (QED) is 0.824. The highest BCUT2D eigenvalue weighted by molar-refractivity contribution is 7.92. The molecule has 0 radical (unpaired) electrons. The molecule has 1 aliphatic heterocycles. The molecule has 1 amide bonds. The topological polar surface area (TPSA) is 84.9 Å². The first-order chi connectivity index (χ1) is 12.3. The molecule has 0 spiro atoms. The first-order valence-electron chi connectivity index (χ1n) is 7.71. The first-order valence-corrected chi connectivity index (χ1v) is 9.56. The van der Waals surface area contributed by atoms with Crippen molar-refractivity contribution in [2.45, 2.75) is 6.54 Å². The predicted octanol–water partition coefficient (Wildman–Crippen LogP) is 1.64. The van der Waals surface area contributed by atoms with Crippen LogP contribution in [0.2, 0.25) is 0 Å². The summed E-state index contributed by atoms with van der Waals surface area (Å²) in [5.74, 6) is 0.257. The number of carbonyl (C=O) groups excluding carboxylic acids is 1. The molecule has 0 atom stereocenters. The Morgan fingerprint density at radius 2 is 1.85 bits per heavy atom. The fourth-order valence-corrected chi connectivity index (χ4v) is 3.30. The minimum Gasteiger partial charge on any atom is -0.454 e. The van der Waals surface area contributed by atoms with E-state index in [0.717, 1.165) is 28.3 Å². The Labute approximate surface area is 150 Å². The van der Waals surface area contributed by atoms with Crippen LogP contribution in [0.3, 0.4) is 0 Å². The van der Waals surface area contributed by atoms with E-state index in [4.69, 9.17) is 9.47 Å². The summed E-state index contributed by atoms with van der Waals surface area (Å²) in [6.07, 6.45) is 0.988. The van der Waals surface area contributed by atoms with Crippen molar-refractivity contribution in [3.05, 3.63) is 53.8 Å². The van der Waals surface area contributed by atoms with E-state index in [1.54, 1.807) is 18.2 Å². The lowest BCUT2D eigenvalue weighted by molar-refractivity contribution is -0.119. The molecule has 0 bridgehead atoms. The number of anilines is 1. The molecule has 0 aromatic heterocycles. The van der Waals surface area contributed by atoms with Gasteiger partial charge in [0.15, 0.2) is 11.5 Å². The van der Waals surface area contributed by atoms with Crippen molar-refractivity contribution in [2.24, 2.45) is 0 Å². The highest BCUT2D eigenvalue weighted by atomic mass is 32.2. The van der Waals surface area contributed by atoms with Gasteiger partial charge in [-0.3, -0.25) is 9.10 Å². The van der Waals surface area contributed by atoms with Gasteiger partial charge in [-0.05, 0) is 42.0 Å². The summed E-state index contributed by atoms with van der Waals surface area (Å²) >= 11 is 0. The van der Waals surface area contributed by atoms with Crippen molar-refractivity contribution in [1.29, 1.82) is 0 Å². The molecule has 2 aromatic carbocycles. The van der Waals surface area contributed by atoms with E-state index in [2.05, 4.69) is 5.32 Å². The van der Waals surface area contributed by atoms with Crippen LogP contribution in [0, 0.1) is 5.82 Å². The van der Waals surface area contributed by atoms with Crippen molar-refractivity contribution >= 4 is 21.6 Å². The normalized spacial score (nSPS) is 12.7. The second-order valence-electron chi connectivity index (χ2n) is 5.71. The molecular weight excluding hydrogens is 363 g/mol. The van der Waals surface area contributed by atoms with Crippen LogP contribution < -0.4 is 19.1 Å². The number of sulfonamides is 1. The van der Waals surface area contributed by atoms with E-state index in [1.807, 2.05) is 0 Å². The van der Waals surface area contributed by atoms with Gasteiger partial charge in [-0.25, -0.2) is 12.8 Å². The number of benzene rings is 2. The monoisotopic (exact) mass is 380 g/mol. The molecule has 1 heterocycles. The fourth-order valence-electron chi connectivity index (χ4n) is 2.45. The molecular formula is C17H17FN2O5S. The highest BCUT2D eigenvalue weighted by Crippen LogP contribution is 2.32. The molecule has 9 heteroatoms. The number of hydrogen-bond donors (Lipinski definition) is 1. The van der Waals surface area contributed by atoms with E-state index in [9.17, 15) is 17.6 Å². The zero-order valence-corrected chi connectivity index (χ0v) is 14.8. The summed E-state index contributed by atoms with van der Waals surface area (Å²) < 4.78 is 48.4. The van der Waals surface area contributed by atoms with Gasteiger partial charge < -0.3 is 14.8 Å². The van der Waals surface area contributed by atoms with Gasteiger partial charge in [0, 0.05) is 6.54 Å². The number of ether oxygens (including phenoxy) is 2. The fraction of sp³-hybridized carbons (Fsp3) is 0.235. The third-order valence-electron chi connectivity index (χ3n) is 3.73. The van der Waals surface area contributed by atoms with Crippen LogP contribution in [-0.4, -0.2) is 33.9 Å². The number of carbonyl (C=O) groups is 1. The maximum atomic E-state index is 13.0. The van der Waals surface area contributed by atoms with Gasteiger partial charge in [-0.2, -0.15) is 0 Å². The zero-order valence-electron chi connectivity index (χ0n) is 13.9. The summed E-state index contributed by atoms with van der Waals surface area (Å²) in [6.45, 7) is -0.0440. The van der Waals surface area contributed by atoms with Crippen molar-refractivity contribution in [2.75, 3.05) is 23.9 Å². The SMILES string of the molecule is CS(=O)(=O)N(CC(=O)NCc1ccc2c(c1)OCO2)c1ccc(F)cc1. The van der Waals surface area contributed by atoms with Gasteiger partial charge in [0.2, 0.25) is 22.7 Å². The number of halogens is 1. The molecule has 0 saturated heterocycles. The molecule has 138 valence electrons. The lowest BCUT2D eigenvalue weighted by Crippen LogP contribution is -2.40. The summed E-state index contributed by atoms with van der Waals surface area (Å²) in [5, 5.41) is 2.66. The molecule has 3 rings (SSSR count). The molecule has 1 aliphatic rings. The lowest BCUT2D eigenvalue weighted by atomic mass is 10.2. The smallest absolute Gasteiger partial charge is 0.241 e. The van der Waals surface area contributed by atoms with Gasteiger partial charge in [0.1, 0.15) is 12.4 Å². The Kier molecular flexibility index (Phi) is 4.99. The van der Waals surface area contributed by atoms with Gasteiger partial charge in [0.05, 0.1) is 11.9 Å². The van der Waals surface area contributed by atoms with Crippen LogP contribution in [0.4, 0.5) is 10.1 Å². The van der Waals surface area contributed by atoms with E-state index in [1.165, 1.54) is 12.1 Å². The highest BCUT2D eigenvalue weighted by Gasteiger charge is 2.21. The van der Waals surface area contributed by atoms with Crippen LogP contribution in [0.1, 0.15) is 5.56 Å². The van der Waals surface area contributed by atoms with Gasteiger partial charge in [-0.1, -0.05) is 6.07 Å². The Bertz CT molecular complexity index is 915. The molecule has 7 nitrogen and oxygen atoms in total. The largest absolute Gasteiger partial charge is 0.454 e. The molecule has 2 aromatic rings. The van der Waals surface area contributed by atoms with Crippen LogP contribution in [0.5, 0.6) is 11.5 Å². The Morgan fingerprint density at radius 3 is 2.54 bits per heavy atom. The summed E-state index contributed by atoms with van der Waals surface area (Å²) in [7, 11) is -3.70. The summed E-state index contributed by atoms with van der Waals surface area (Å²) in [4.78, 5) is 12.2. The Morgan fingerprint density at radius 1 is 1.15 bits per heavy atom. The van der Waals surface area contributed by atoms with Crippen molar-refractivity contribution in [3.63, 3.8) is 0 Å². The minimum atomic E-state index is -3.70. The second kappa shape index (κ2) is 7.20. The number of nitrogens with zero attached hydrogens (tertiary/aromatic N) is 1. The Hall–Kier alpha value is -2.81. The third-order valence-corrected chi connectivity index (χ3v) is 4.87. The van der Waals surface area contributed by atoms with E-state index in [-0.39, 0.29) is 19.0 Å². The summed E-state index contributed by atoms with van der Waals surface area (Å²) in [5.41, 5.74) is 1.00. The molecule has 0 saturated carbocycles. The van der Waals surface area contributed by atoms with Crippen LogP contribution in [0.15, 0.2) is 42.5 Å². The standard InChI is InChI=1S/C17H17FN2O5S/c1-26(22,23)20(14-5-3-13(18)4-6-14)10-17(21)19-9-12-2-7-15-16(8-12)25-11-24-15/h2-8H,9-11H2,1H3,(H,19,21). The second-order valence-corrected chi connectivity index (χ2v) is 7.62. The van der Waals surface area contributed by atoms with E-state index < -0.39 is 28.3 Å². The maximum Gasteiger partial charge on any atom is 0.241 e. The van der Waals surface area contributed by atoms with Gasteiger partial charge in [-0.15, -0.1) is 0 Å². The molecule has 0 aliphatic carbocycles. The first kappa shape index (κ1) is 18.0. The number of hydrogen-bond acceptors (Lipinski definition) is 5. The molecule has 1 N–H and O–H groups in total. The minimum absolute atomic E-state index is 0.159. The van der Waals surface area contributed by atoms with Crippen molar-refractivity contribution in [3.8, 4) is 11.5 Å². The predicted molar refractivity (Wildman–Crippen MR) is 93.0 cm³/mol. The van der Waals surface area contributed by atoms with E-state index in [0.29, 0.717) is 11.5 Å². The molecule has 0 unspecified atom stereocenters. The Balaban J connectivity index is 1.65. The van der Waals surface area contributed by atoms with Gasteiger partial charge in [0.25, 0.3) is 0 Å². The van der Waals surface area contributed by atoms with Crippen LogP contribution in [-0.2, 0) is 21.4 Å². The zero-order chi connectivity index (χ0) is 18.7. The van der Waals surface area contributed by atoms with Gasteiger partial charge >= 0.3 is 0 Å². The number of fused-ring (bicyclic) bond motifs is 1. The summed E-state index contributed by atoms with van der Waals surface area (Å²) in [6, 6.07) is 10.2. The lowest BCUT2D eigenvalue weighted by Gasteiger charge is -2.21. The molecule has 0 fully saturated rings. The number of amides is 1. The third kappa shape index (κ3) is 4.23. The van der Waals surface area contributed by atoms with Crippen LogP contribution >= 0.6 is 0 Å². The average molecular weight is 380 g/mol. The molecule has 26 heavy (non-hydrogen) atoms. The number of rotatable bonds is 6. The maximum absolute atomic E-state index is 13.0. The van der Waals surface area contributed by atoms with E-state index >= 15 is 0 Å².